The van der Waals surface area contributed by atoms with E-state index >= 15 is 0 Å². The zero-order chi connectivity index (χ0) is 12.0. The second-order valence-corrected chi connectivity index (χ2v) is 4.69. The number of hydrogen-bond donors (Lipinski definition) is 0. The first-order valence-electron chi connectivity index (χ1n) is 6.33. The molecule has 1 heteroatoms. The van der Waals surface area contributed by atoms with Crippen molar-refractivity contribution in [2.45, 2.75) is 45.6 Å². The molecule has 0 aromatic carbocycles. The highest BCUT2D eigenvalue weighted by Gasteiger charge is 2.12. The van der Waals surface area contributed by atoms with Crippen molar-refractivity contribution in [3.63, 3.8) is 0 Å². The fourth-order valence-corrected chi connectivity index (χ4v) is 2.16. The molecule has 0 aliphatic heterocycles. The quantitative estimate of drug-likeness (QED) is 0.611. The Morgan fingerprint density at radius 2 is 1.88 bits per heavy atom. The molecule has 0 radical (unpaired) electrons. The zero-order valence-electron chi connectivity index (χ0n) is 10.9. The van der Waals surface area contributed by atoms with Crippen molar-refractivity contribution in [1.82, 2.24) is 0 Å². The van der Waals surface area contributed by atoms with Gasteiger partial charge in [0.15, 0.2) is 0 Å². The van der Waals surface area contributed by atoms with Gasteiger partial charge in [-0.1, -0.05) is 62.8 Å². The minimum Gasteiger partial charge on any atom is -0.651 e. The second-order valence-electron chi connectivity index (χ2n) is 4.69. The maximum Gasteiger partial charge on any atom is -0.0137 e. The molecule has 1 aliphatic rings. The Morgan fingerprint density at radius 1 is 1.31 bits per heavy atom. The monoisotopic (exact) mass is 218 g/mol. The van der Waals surface area contributed by atoms with Gasteiger partial charge in [0.05, 0.1) is 0 Å². The van der Waals surface area contributed by atoms with E-state index in [1.807, 2.05) is 0 Å². The molecule has 0 unspecified atom stereocenters. The van der Waals surface area contributed by atoms with Crippen LogP contribution >= 0.6 is 0 Å². The van der Waals surface area contributed by atoms with Crippen LogP contribution in [0.5, 0.6) is 0 Å². The van der Waals surface area contributed by atoms with Gasteiger partial charge in [0.2, 0.25) is 0 Å². The van der Waals surface area contributed by atoms with E-state index in [1.54, 1.807) is 0 Å². The van der Waals surface area contributed by atoms with E-state index < -0.39 is 0 Å². The van der Waals surface area contributed by atoms with Crippen molar-refractivity contribution in [1.29, 1.82) is 0 Å². The first-order chi connectivity index (χ1) is 7.61. The van der Waals surface area contributed by atoms with Crippen molar-refractivity contribution >= 4 is 0 Å². The highest BCUT2D eigenvalue weighted by Crippen LogP contribution is 2.28. The van der Waals surface area contributed by atoms with Crippen molar-refractivity contribution in [3.8, 4) is 0 Å². The Bertz CT molecular complexity index is 270. The summed E-state index contributed by atoms with van der Waals surface area (Å²) in [5, 5.41) is 4.61. The lowest BCUT2D eigenvalue weighted by molar-refractivity contribution is 0.602. The van der Waals surface area contributed by atoms with Crippen LogP contribution < -0.4 is 0 Å². The fourth-order valence-electron chi connectivity index (χ4n) is 2.16. The topological polar surface area (TPSA) is 14.1 Å². The van der Waals surface area contributed by atoms with Crippen LogP contribution in [0.25, 0.3) is 5.32 Å². The minimum absolute atomic E-state index is 0.0900. The lowest BCUT2D eigenvalue weighted by Gasteiger charge is -2.39. The lowest BCUT2D eigenvalue weighted by Crippen LogP contribution is -2.19. The van der Waals surface area contributed by atoms with Crippen molar-refractivity contribution in [2.75, 3.05) is 6.54 Å². The Hall–Kier alpha value is -0.820. The third kappa shape index (κ3) is 3.64. The standard InChI is InChI=1S/C15H24N/c1-5-13(3)14-9-7-11-15(4,16-6-2)12-8-10-14/h7-8,11-12,14H,3,5-6,9-10H2,1-2,4H3/q-1. The molecule has 0 N–H and O–H groups in total. The van der Waals surface area contributed by atoms with E-state index in [0.29, 0.717) is 5.92 Å². The summed E-state index contributed by atoms with van der Waals surface area (Å²) in [5.74, 6) is 0.615. The summed E-state index contributed by atoms with van der Waals surface area (Å²) in [6.45, 7) is 11.5. The lowest BCUT2D eigenvalue weighted by atomic mass is 9.87. The van der Waals surface area contributed by atoms with Gasteiger partial charge in [-0.3, -0.25) is 0 Å². The number of rotatable bonds is 4. The number of likely N-dealkylation sites (N-methyl/N-ethyl adjacent to an activating group) is 1. The van der Waals surface area contributed by atoms with E-state index in [1.165, 1.54) is 5.57 Å². The van der Waals surface area contributed by atoms with Gasteiger partial charge in [-0.15, -0.1) is 0 Å². The van der Waals surface area contributed by atoms with Crippen molar-refractivity contribution in [3.05, 3.63) is 41.8 Å². The fraction of sp³-hybridized carbons (Fsp3) is 0.600. The van der Waals surface area contributed by atoms with Gasteiger partial charge in [0.25, 0.3) is 0 Å². The Labute approximate surface area is 100 Å². The summed E-state index contributed by atoms with van der Waals surface area (Å²) < 4.78 is 0. The van der Waals surface area contributed by atoms with Gasteiger partial charge >= 0.3 is 0 Å². The highest BCUT2D eigenvalue weighted by molar-refractivity contribution is 5.28. The summed E-state index contributed by atoms with van der Waals surface area (Å²) in [6, 6.07) is 0. The summed E-state index contributed by atoms with van der Waals surface area (Å²) in [7, 11) is 0. The van der Waals surface area contributed by atoms with Gasteiger partial charge in [-0.25, -0.2) is 0 Å². The molecule has 0 aromatic rings. The van der Waals surface area contributed by atoms with Crippen LogP contribution in [0.1, 0.15) is 40.0 Å². The van der Waals surface area contributed by atoms with E-state index in [0.717, 1.165) is 25.8 Å². The Kier molecular flexibility index (Phi) is 5.01. The molecule has 0 heterocycles. The SMILES string of the molecule is C=C(CC)C1CC=CC(C)([N-]CC)C=CC1. The molecule has 0 bridgehead atoms. The molecule has 1 nitrogen and oxygen atoms in total. The van der Waals surface area contributed by atoms with Crippen LogP contribution in [0, 0.1) is 5.92 Å². The van der Waals surface area contributed by atoms with Crippen LogP contribution in [0.15, 0.2) is 36.5 Å². The second kappa shape index (κ2) is 6.05. The largest absolute Gasteiger partial charge is 0.651 e. The van der Waals surface area contributed by atoms with Crippen LogP contribution in [-0.4, -0.2) is 12.1 Å². The molecular weight excluding hydrogens is 194 g/mol. The summed E-state index contributed by atoms with van der Waals surface area (Å²) in [6.07, 6.45) is 12.3. The average Bonchev–Trinajstić information content (AvgIpc) is 2.23. The number of allylic oxidation sites excluding steroid dienone is 3. The van der Waals surface area contributed by atoms with Crippen LogP contribution in [0.4, 0.5) is 0 Å². The average molecular weight is 218 g/mol. The van der Waals surface area contributed by atoms with Gasteiger partial charge in [-0.2, -0.15) is 6.54 Å². The van der Waals surface area contributed by atoms with Crippen LogP contribution in [-0.2, 0) is 0 Å². The molecule has 1 aliphatic carbocycles. The predicted molar refractivity (Wildman–Crippen MR) is 72.7 cm³/mol. The van der Waals surface area contributed by atoms with E-state index in [-0.39, 0.29) is 5.54 Å². The molecule has 0 saturated heterocycles. The molecule has 0 amide bonds. The normalized spacial score (nSPS) is 29.8. The minimum atomic E-state index is -0.0900. The first-order valence-corrected chi connectivity index (χ1v) is 6.33. The Balaban J connectivity index is 2.67. The summed E-state index contributed by atoms with van der Waals surface area (Å²) >= 11 is 0. The van der Waals surface area contributed by atoms with Gasteiger partial charge < -0.3 is 5.32 Å². The van der Waals surface area contributed by atoms with E-state index in [2.05, 4.69) is 57.0 Å². The molecule has 90 valence electrons. The van der Waals surface area contributed by atoms with Crippen LogP contribution in [0.3, 0.4) is 0 Å². The summed E-state index contributed by atoms with van der Waals surface area (Å²) in [4.78, 5) is 0. The molecule has 0 atom stereocenters. The third-order valence-corrected chi connectivity index (χ3v) is 3.28. The predicted octanol–water partition coefficient (Wildman–Crippen LogP) is 4.63. The van der Waals surface area contributed by atoms with E-state index in [9.17, 15) is 0 Å². The maximum absolute atomic E-state index is 4.61. The van der Waals surface area contributed by atoms with Gasteiger partial charge in [0, 0.05) is 0 Å². The number of nitrogens with zero attached hydrogens (tertiary/aromatic N) is 1. The highest BCUT2D eigenvalue weighted by atomic mass is 14.9. The molecule has 1 rings (SSSR count). The van der Waals surface area contributed by atoms with Gasteiger partial charge in [-0.05, 0) is 25.2 Å². The van der Waals surface area contributed by atoms with Crippen LogP contribution in [0.2, 0.25) is 0 Å². The smallest absolute Gasteiger partial charge is 0.0137 e. The number of hydrogen-bond acceptors (Lipinski definition) is 0. The summed E-state index contributed by atoms with van der Waals surface area (Å²) in [5.41, 5.74) is 1.28. The van der Waals surface area contributed by atoms with E-state index in [4.69, 9.17) is 0 Å². The van der Waals surface area contributed by atoms with Gasteiger partial charge in [0.1, 0.15) is 0 Å². The molecule has 0 aromatic heterocycles. The first kappa shape index (κ1) is 13.2. The third-order valence-electron chi connectivity index (χ3n) is 3.28. The molecule has 0 saturated carbocycles. The van der Waals surface area contributed by atoms with Crippen molar-refractivity contribution < 1.29 is 0 Å². The molecular formula is C15H24N-. The maximum atomic E-state index is 4.61. The Morgan fingerprint density at radius 3 is 2.31 bits per heavy atom. The van der Waals surface area contributed by atoms with Crippen molar-refractivity contribution in [2.24, 2.45) is 5.92 Å². The molecule has 0 spiro atoms. The zero-order valence-corrected chi connectivity index (χ0v) is 10.9. The molecule has 0 fully saturated rings. The molecule has 16 heavy (non-hydrogen) atoms.